The molecule has 2 aromatic carbocycles. The Morgan fingerprint density at radius 1 is 1.16 bits per heavy atom. The molecule has 2 aliphatic heterocycles. The first kappa shape index (κ1) is 19.4. The topological polar surface area (TPSA) is 117 Å². The molecule has 0 bridgehead atoms. The molecular formula is C22H24N6O3. The molecule has 160 valence electrons. The van der Waals surface area contributed by atoms with Crippen molar-refractivity contribution in [2.75, 3.05) is 40.6 Å². The first-order valence-corrected chi connectivity index (χ1v) is 10.3. The highest BCUT2D eigenvalue weighted by Gasteiger charge is 2.38. The summed E-state index contributed by atoms with van der Waals surface area (Å²) < 4.78 is 5.19. The van der Waals surface area contributed by atoms with E-state index in [1.807, 2.05) is 54.3 Å². The van der Waals surface area contributed by atoms with Gasteiger partial charge in [-0.25, -0.2) is 0 Å². The van der Waals surface area contributed by atoms with Crippen molar-refractivity contribution in [3.63, 3.8) is 0 Å². The predicted octanol–water partition coefficient (Wildman–Crippen LogP) is 2.11. The first-order chi connectivity index (χ1) is 15.0. The number of nitrogens with zero attached hydrogens (tertiary/aromatic N) is 3. The molecular weight excluding hydrogens is 396 g/mol. The Morgan fingerprint density at radius 2 is 1.94 bits per heavy atom. The van der Waals surface area contributed by atoms with Crippen molar-refractivity contribution >= 4 is 45.6 Å². The molecule has 9 heteroatoms. The average molecular weight is 420 g/mol. The van der Waals surface area contributed by atoms with E-state index in [2.05, 4.69) is 15.5 Å². The quantitative estimate of drug-likeness (QED) is 0.595. The number of anilines is 4. The molecule has 3 aromatic rings. The van der Waals surface area contributed by atoms with Crippen molar-refractivity contribution < 1.29 is 14.3 Å². The van der Waals surface area contributed by atoms with E-state index in [9.17, 15) is 9.59 Å². The predicted molar refractivity (Wildman–Crippen MR) is 119 cm³/mol. The summed E-state index contributed by atoms with van der Waals surface area (Å²) in [6.45, 7) is 3.21. The highest BCUT2D eigenvalue weighted by molar-refractivity contribution is 6.02. The number of nitrogens with one attached hydrogen (secondary N) is 2. The van der Waals surface area contributed by atoms with Gasteiger partial charge < -0.3 is 25.6 Å². The van der Waals surface area contributed by atoms with E-state index < -0.39 is 0 Å². The van der Waals surface area contributed by atoms with Gasteiger partial charge in [0.15, 0.2) is 5.82 Å². The van der Waals surface area contributed by atoms with E-state index in [4.69, 9.17) is 10.5 Å². The number of hydrogen-bond acceptors (Lipinski definition) is 6. The van der Waals surface area contributed by atoms with Crippen LogP contribution in [0.5, 0.6) is 0 Å². The normalized spacial score (nSPS) is 21.8. The number of carbonyl (C=O) groups is 2. The van der Waals surface area contributed by atoms with E-state index in [0.29, 0.717) is 25.4 Å². The fraction of sp³-hybridized carbons (Fsp3) is 0.318. The molecule has 2 saturated heterocycles. The van der Waals surface area contributed by atoms with Crippen molar-refractivity contribution in [3.8, 4) is 0 Å². The molecule has 2 atom stereocenters. The standard InChI is InChI=1S/C22H24N6O3/c1-13-10-19(24-14-2-7-18-17(11-14)21(23)26-25-18)22(30)28(13)16-5-3-15(4-6-16)27-8-9-31-12-20(27)29/h2-7,11,13,19,24H,8-10,12H2,1H3,(H3,23,25,26). The van der Waals surface area contributed by atoms with Crippen LogP contribution in [0.25, 0.3) is 10.9 Å². The monoisotopic (exact) mass is 420 g/mol. The summed E-state index contributed by atoms with van der Waals surface area (Å²) in [7, 11) is 0. The van der Waals surface area contributed by atoms with Gasteiger partial charge in [0, 0.05) is 35.0 Å². The highest BCUT2D eigenvalue weighted by atomic mass is 16.5. The maximum Gasteiger partial charge on any atom is 0.253 e. The number of rotatable bonds is 4. The van der Waals surface area contributed by atoms with E-state index in [0.717, 1.165) is 28.0 Å². The van der Waals surface area contributed by atoms with Gasteiger partial charge in [-0.3, -0.25) is 14.7 Å². The summed E-state index contributed by atoms with van der Waals surface area (Å²) >= 11 is 0. The molecule has 0 aliphatic carbocycles. The Morgan fingerprint density at radius 3 is 2.71 bits per heavy atom. The maximum atomic E-state index is 13.2. The smallest absolute Gasteiger partial charge is 0.253 e. The van der Waals surface area contributed by atoms with Crippen molar-refractivity contribution in [1.82, 2.24) is 10.2 Å². The molecule has 0 radical (unpaired) electrons. The van der Waals surface area contributed by atoms with Gasteiger partial charge in [0.25, 0.3) is 5.91 Å². The molecule has 2 unspecified atom stereocenters. The molecule has 3 heterocycles. The summed E-state index contributed by atoms with van der Waals surface area (Å²) in [5.41, 5.74) is 9.22. The number of nitrogen functional groups attached to an aromatic ring is 1. The van der Waals surface area contributed by atoms with E-state index >= 15 is 0 Å². The zero-order chi connectivity index (χ0) is 21.5. The lowest BCUT2D eigenvalue weighted by Gasteiger charge is -2.28. The van der Waals surface area contributed by atoms with Crippen molar-refractivity contribution in [2.24, 2.45) is 0 Å². The fourth-order valence-electron chi connectivity index (χ4n) is 4.34. The molecule has 2 amide bonds. The van der Waals surface area contributed by atoms with Crippen LogP contribution in [0.4, 0.5) is 22.9 Å². The zero-order valence-electron chi connectivity index (χ0n) is 17.2. The third-order valence-corrected chi connectivity index (χ3v) is 5.91. The molecule has 0 spiro atoms. The zero-order valence-corrected chi connectivity index (χ0v) is 17.2. The minimum absolute atomic E-state index is 0.0166. The first-order valence-electron chi connectivity index (χ1n) is 10.3. The summed E-state index contributed by atoms with van der Waals surface area (Å²) in [6, 6.07) is 13.0. The summed E-state index contributed by atoms with van der Waals surface area (Å²) in [5.74, 6) is 0.400. The van der Waals surface area contributed by atoms with Gasteiger partial charge in [0.05, 0.1) is 12.1 Å². The van der Waals surface area contributed by atoms with E-state index in [1.54, 1.807) is 4.90 Å². The Balaban J connectivity index is 1.33. The number of benzene rings is 2. The lowest BCUT2D eigenvalue weighted by atomic mass is 10.1. The summed E-state index contributed by atoms with van der Waals surface area (Å²) in [5, 5.41) is 11.1. The molecule has 2 aliphatic rings. The highest BCUT2D eigenvalue weighted by Crippen LogP contribution is 2.31. The van der Waals surface area contributed by atoms with Crippen LogP contribution in [0, 0.1) is 0 Å². The number of aromatic amines is 1. The third-order valence-electron chi connectivity index (χ3n) is 5.91. The van der Waals surface area contributed by atoms with Gasteiger partial charge in [-0.15, -0.1) is 0 Å². The van der Waals surface area contributed by atoms with Crippen LogP contribution in [0.2, 0.25) is 0 Å². The number of fused-ring (bicyclic) bond motifs is 1. The van der Waals surface area contributed by atoms with Gasteiger partial charge in [0.2, 0.25) is 5.91 Å². The van der Waals surface area contributed by atoms with Crippen LogP contribution in [-0.4, -0.2) is 53.9 Å². The summed E-state index contributed by atoms with van der Waals surface area (Å²) in [4.78, 5) is 28.8. The molecule has 5 rings (SSSR count). The van der Waals surface area contributed by atoms with Gasteiger partial charge in [0.1, 0.15) is 12.6 Å². The number of nitrogens with two attached hydrogens (primary N) is 1. The number of aromatic nitrogens is 2. The molecule has 9 nitrogen and oxygen atoms in total. The van der Waals surface area contributed by atoms with Gasteiger partial charge in [-0.2, -0.15) is 5.10 Å². The van der Waals surface area contributed by atoms with Crippen LogP contribution >= 0.6 is 0 Å². The minimum atomic E-state index is -0.332. The second kappa shape index (κ2) is 7.59. The van der Waals surface area contributed by atoms with Crippen molar-refractivity contribution in [3.05, 3.63) is 42.5 Å². The second-order valence-corrected chi connectivity index (χ2v) is 7.97. The lowest BCUT2D eigenvalue weighted by Crippen LogP contribution is -2.41. The fourth-order valence-corrected chi connectivity index (χ4v) is 4.34. The number of H-pyrrole nitrogens is 1. The molecule has 4 N–H and O–H groups in total. The maximum absolute atomic E-state index is 13.2. The molecule has 31 heavy (non-hydrogen) atoms. The number of carbonyl (C=O) groups excluding carboxylic acids is 2. The Labute approximate surface area is 179 Å². The SMILES string of the molecule is CC1CC(Nc2ccc3[nH]nc(N)c3c2)C(=O)N1c1ccc(N2CCOCC2=O)cc1. The van der Waals surface area contributed by atoms with Crippen LogP contribution in [0.3, 0.4) is 0 Å². The second-order valence-electron chi connectivity index (χ2n) is 7.97. The van der Waals surface area contributed by atoms with Crippen molar-refractivity contribution in [1.29, 1.82) is 0 Å². The molecule has 0 saturated carbocycles. The molecule has 2 fully saturated rings. The van der Waals surface area contributed by atoms with E-state index in [1.165, 1.54) is 0 Å². The van der Waals surface area contributed by atoms with Crippen LogP contribution in [0.15, 0.2) is 42.5 Å². The van der Waals surface area contributed by atoms with Gasteiger partial charge >= 0.3 is 0 Å². The summed E-state index contributed by atoms with van der Waals surface area (Å²) in [6.07, 6.45) is 0.682. The van der Waals surface area contributed by atoms with Crippen molar-refractivity contribution in [2.45, 2.75) is 25.4 Å². The van der Waals surface area contributed by atoms with Crippen LogP contribution in [-0.2, 0) is 14.3 Å². The van der Waals surface area contributed by atoms with Crippen LogP contribution < -0.4 is 20.9 Å². The Bertz CT molecular complexity index is 1140. The Kier molecular flexibility index (Phi) is 4.74. The largest absolute Gasteiger partial charge is 0.382 e. The number of ether oxygens (including phenoxy) is 1. The number of morpholine rings is 1. The van der Waals surface area contributed by atoms with Gasteiger partial charge in [-0.1, -0.05) is 0 Å². The number of hydrogen-bond donors (Lipinski definition) is 3. The van der Waals surface area contributed by atoms with Crippen LogP contribution in [0.1, 0.15) is 13.3 Å². The average Bonchev–Trinajstić information content (AvgIpc) is 3.27. The lowest BCUT2D eigenvalue weighted by molar-refractivity contribution is -0.125. The van der Waals surface area contributed by atoms with E-state index in [-0.39, 0.29) is 30.5 Å². The number of amides is 2. The minimum Gasteiger partial charge on any atom is -0.382 e. The molecule has 1 aromatic heterocycles. The third kappa shape index (κ3) is 3.46. The Hall–Kier alpha value is -3.59. The van der Waals surface area contributed by atoms with Gasteiger partial charge in [-0.05, 0) is 55.8 Å².